The molecule has 0 spiro atoms. The largest absolute Gasteiger partial charge is 0.415 e. The molecule has 1 atom stereocenters. The summed E-state index contributed by atoms with van der Waals surface area (Å²) in [4.78, 5) is 5.14. The number of aromatic nitrogens is 2. The van der Waals surface area contributed by atoms with Crippen molar-refractivity contribution in [1.82, 2.24) is 9.38 Å². The lowest BCUT2D eigenvalue weighted by atomic mass is 10.1. The van der Waals surface area contributed by atoms with E-state index in [1.54, 1.807) is 0 Å². The molecule has 0 aliphatic heterocycles. The molecule has 43 heavy (non-hydrogen) atoms. The third-order valence-corrected chi connectivity index (χ3v) is 12.7. The Morgan fingerprint density at radius 1 is 0.558 bits per heavy atom. The van der Waals surface area contributed by atoms with E-state index in [2.05, 4.69) is 16.5 Å². The van der Waals surface area contributed by atoms with Crippen molar-refractivity contribution in [3.63, 3.8) is 0 Å². The summed E-state index contributed by atoms with van der Waals surface area (Å²) in [7, 11) is -5.07. The summed E-state index contributed by atoms with van der Waals surface area (Å²) in [5.74, 6) is 0. The Labute approximate surface area is 249 Å². The molecular weight excluding hydrogens is 566 g/mol. The van der Waals surface area contributed by atoms with E-state index in [1.807, 2.05) is 140 Å². The lowest BCUT2D eigenvalue weighted by molar-refractivity contribution is 0.592. The first-order valence-electron chi connectivity index (χ1n) is 14.1. The zero-order chi connectivity index (χ0) is 29.0. The van der Waals surface area contributed by atoms with Gasteiger partial charge in [0.05, 0.1) is 16.6 Å². The van der Waals surface area contributed by atoms with Crippen LogP contribution in [0, 0.1) is 0 Å². The lowest BCUT2D eigenvalue weighted by Gasteiger charge is -2.21. The maximum absolute atomic E-state index is 15.6. The third-order valence-electron chi connectivity index (χ3n) is 8.14. The van der Waals surface area contributed by atoms with Crippen LogP contribution in [0.15, 0.2) is 152 Å². The van der Waals surface area contributed by atoms with Gasteiger partial charge in [-0.2, -0.15) is 0 Å². The molecule has 0 radical (unpaired) electrons. The number of benzene rings is 6. The number of imidazole rings is 1. The van der Waals surface area contributed by atoms with Crippen molar-refractivity contribution in [3.8, 4) is 0 Å². The molecule has 6 aromatic carbocycles. The number of rotatable bonds is 5. The van der Waals surface area contributed by atoms with Gasteiger partial charge in [0.2, 0.25) is 0 Å². The number of para-hydroxylation sites is 1. The van der Waals surface area contributed by atoms with Gasteiger partial charge >= 0.3 is 7.80 Å². The van der Waals surface area contributed by atoms with Crippen molar-refractivity contribution in [3.05, 3.63) is 152 Å². The Hall–Kier alpha value is -4.88. The first-order valence-corrected chi connectivity index (χ1v) is 17.1. The van der Waals surface area contributed by atoms with Gasteiger partial charge in [-0.15, -0.1) is 0 Å². The highest BCUT2D eigenvalue weighted by Crippen LogP contribution is 2.45. The van der Waals surface area contributed by atoms with E-state index in [4.69, 9.17) is 4.98 Å². The zero-order valence-corrected chi connectivity index (χ0v) is 24.8. The molecule has 1 unspecified atom stereocenters. The summed E-state index contributed by atoms with van der Waals surface area (Å²) in [5, 5.41) is 6.85. The molecule has 0 aliphatic carbocycles. The summed E-state index contributed by atoms with van der Waals surface area (Å²) < 4.78 is 31.4. The Morgan fingerprint density at radius 3 is 1.84 bits per heavy atom. The van der Waals surface area contributed by atoms with Gasteiger partial charge in [0.1, 0.15) is 5.65 Å². The topological polar surface area (TPSA) is 51.4 Å². The molecule has 2 aromatic heterocycles. The highest BCUT2D eigenvalue weighted by atomic mass is 31.2. The maximum Gasteiger partial charge on any atom is 0.415 e. The number of hydrogen-bond acceptors (Lipinski definition) is 3. The Morgan fingerprint density at radius 2 is 1.16 bits per heavy atom. The van der Waals surface area contributed by atoms with Gasteiger partial charge in [-0.25, -0.2) is 4.98 Å². The van der Waals surface area contributed by atoms with Crippen molar-refractivity contribution in [2.75, 3.05) is 0 Å². The molecule has 204 valence electrons. The Balaban J connectivity index is 1.51. The van der Waals surface area contributed by atoms with Gasteiger partial charge in [0.25, 0.3) is 0 Å². The summed E-state index contributed by atoms with van der Waals surface area (Å²) in [5.41, 5.74) is 3.33. The molecule has 0 aliphatic rings. The van der Waals surface area contributed by atoms with E-state index < -0.39 is 14.9 Å². The first-order chi connectivity index (χ1) is 21.1. The molecular formula is C37H25N2O2P2+. The smallest absolute Gasteiger partial charge is 0.309 e. The van der Waals surface area contributed by atoms with Crippen LogP contribution in [-0.2, 0) is 9.13 Å². The normalized spacial score (nSPS) is 12.3. The minimum atomic E-state index is -3.30. The highest BCUT2D eigenvalue weighted by Gasteiger charge is 2.33. The number of nitrogens with zero attached hydrogens (tertiary/aromatic N) is 2. The molecule has 0 saturated heterocycles. The molecule has 0 bridgehead atoms. The first kappa shape index (κ1) is 25.8. The average Bonchev–Trinajstić information content (AvgIpc) is 3.49. The van der Waals surface area contributed by atoms with Crippen LogP contribution >= 0.6 is 14.9 Å². The second-order valence-electron chi connectivity index (χ2n) is 10.6. The van der Waals surface area contributed by atoms with Crippen molar-refractivity contribution >= 4 is 79.8 Å². The van der Waals surface area contributed by atoms with E-state index in [0.29, 0.717) is 0 Å². The van der Waals surface area contributed by atoms with Crippen LogP contribution in [0.4, 0.5) is 0 Å². The van der Waals surface area contributed by atoms with Gasteiger partial charge in [0, 0.05) is 32.8 Å². The Kier molecular flexibility index (Phi) is 6.08. The number of fused-ring (bicyclic) bond motifs is 8. The molecule has 0 amide bonds. The van der Waals surface area contributed by atoms with E-state index in [1.165, 1.54) is 0 Å². The Bertz CT molecular complexity index is 2340. The van der Waals surface area contributed by atoms with Crippen molar-refractivity contribution in [2.45, 2.75) is 0 Å². The monoisotopic (exact) mass is 591 g/mol. The van der Waals surface area contributed by atoms with Gasteiger partial charge in [-0.1, -0.05) is 114 Å². The standard InChI is InChI=1S/C37H25N2O2P2/c40-42(26-13-4-1-5-14-26)27-23-24-34-32(25-27)30-19-10-11-20-31(30)37-38-33-21-12-22-35(36(33)39(34)37)43(41,28-15-6-2-7-16-28)29-17-8-3-9-18-29/h1-25H/q+1. The minimum absolute atomic E-state index is 0.742. The van der Waals surface area contributed by atoms with Crippen LogP contribution in [-0.4, -0.2) is 9.38 Å². The summed E-state index contributed by atoms with van der Waals surface area (Å²) in [6.45, 7) is 0. The van der Waals surface area contributed by atoms with Crippen LogP contribution in [0.1, 0.15) is 0 Å². The third kappa shape index (κ3) is 3.99. The number of hydrogen-bond donors (Lipinski definition) is 0. The van der Waals surface area contributed by atoms with E-state index in [-0.39, 0.29) is 0 Å². The fourth-order valence-corrected chi connectivity index (χ4v) is 10.2. The van der Waals surface area contributed by atoms with Gasteiger partial charge in [0.15, 0.2) is 17.8 Å². The van der Waals surface area contributed by atoms with Crippen LogP contribution in [0.5, 0.6) is 0 Å². The van der Waals surface area contributed by atoms with E-state index in [0.717, 1.165) is 64.9 Å². The van der Waals surface area contributed by atoms with Crippen molar-refractivity contribution < 1.29 is 9.13 Å². The minimum Gasteiger partial charge on any atom is -0.309 e. The molecule has 4 nitrogen and oxygen atoms in total. The fraction of sp³-hybridized carbons (Fsp3) is 0. The quantitative estimate of drug-likeness (QED) is 0.157. The van der Waals surface area contributed by atoms with Gasteiger partial charge < -0.3 is 4.57 Å². The highest BCUT2D eigenvalue weighted by molar-refractivity contribution is 7.85. The molecule has 2 heterocycles. The van der Waals surface area contributed by atoms with Gasteiger partial charge in [-0.05, 0) is 41.8 Å². The van der Waals surface area contributed by atoms with E-state index >= 15 is 4.57 Å². The maximum atomic E-state index is 15.6. The van der Waals surface area contributed by atoms with E-state index in [9.17, 15) is 4.57 Å². The second kappa shape index (κ2) is 10.1. The summed E-state index contributed by atoms with van der Waals surface area (Å²) >= 11 is 0. The predicted molar refractivity (Wildman–Crippen MR) is 180 cm³/mol. The predicted octanol–water partition coefficient (Wildman–Crippen LogP) is 7.21. The van der Waals surface area contributed by atoms with Crippen LogP contribution in [0.3, 0.4) is 0 Å². The van der Waals surface area contributed by atoms with Crippen LogP contribution < -0.4 is 26.5 Å². The molecule has 0 N–H and O–H groups in total. The number of pyridine rings is 1. The van der Waals surface area contributed by atoms with Crippen LogP contribution in [0.2, 0.25) is 0 Å². The molecule has 0 fully saturated rings. The summed E-state index contributed by atoms with van der Waals surface area (Å²) in [6, 6.07) is 49.2. The molecule has 8 aromatic rings. The second-order valence-corrected chi connectivity index (χ2v) is 14.9. The van der Waals surface area contributed by atoms with Crippen LogP contribution in [0.25, 0.3) is 38.4 Å². The molecule has 0 saturated carbocycles. The SMILES string of the molecule is O=[P+](c1ccccc1)c1ccc2c(c1)c1ccccc1c1nc3cccc(P(=O)(c4ccccc4)c4ccccc4)c3n21. The van der Waals surface area contributed by atoms with Gasteiger partial charge in [-0.3, -0.25) is 4.40 Å². The molecule has 8 rings (SSSR count). The summed E-state index contributed by atoms with van der Waals surface area (Å²) in [6.07, 6.45) is 0. The lowest BCUT2D eigenvalue weighted by Crippen LogP contribution is -2.26. The van der Waals surface area contributed by atoms with Crippen molar-refractivity contribution in [1.29, 1.82) is 0 Å². The fourth-order valence-electron chi connectivity index (χ4n) is 6.17. The average molecular weight is 592 g/mol. The zero-order valence-electron chi connectivity index (χ0n) is 23.0. The van der Waals surface area contributed by atoms with Crippen molar-refractivity contribution in [2.24, 2.45) is 0 Å². The molecule has 6 heteroatoms.